The molecule has 1 aliphatic rings. The number of nitrogens with two attached hydrogens (primary N) is 1. The number of carbonyl (C=O) groups is 2. The zero-order valence-corrected chi connectivity index (χ0v) is 17.4. The van der Waals surface area contributed by atoms with Crippen LogP contribution in [-0.4, -0.2) is 36.3 Å². The molecule has 2 amide bonds. The van der Waals surface area contributed by atoms with Gasteiger partial charge in [0.05, 0.1) is 0 Å². The number of nitrogens with zero attached hydrogens (tertiary/aromatic N) is 1. The Morgan fingerprint density at radius 2 is 1.67 bits per heavy atom. The number of amides is 2. The third-order valence-corrected chi connectivity index (χ3v) is 5.62. The molecule has 0 radical (unpaired) electrons. The largest absolute Gasteiger partial charge is 0.352 e. The Kier molecular flexibility index (Phi) is 9.81. The molecular formula is C21H34ClN3O2. The van der Waals surface area contributed by atoms with Crippen molar-refractivity contribution in [1.82, 2.24) is 10.2 Å². The molecule has 6 heteroatoms. The second-order valence-electron chi connectivity index (χ2n) is 7.39. The van der Waals surface area contributed by atoms with Gasteiger partial charge in [-0.2, -0.15) is 0 Å². The zero-order valence-electron chi connectivity index (χ0n) is 16.6. The first-order valence-electron chi connectivity index (χ1n) is 9.88. The van der Waals surface area contributed by atoms with Crippen LogP contribution >= 0.6 is 12.4 Å². The van der Waals surface area contributed by atoms with Crippen molar-refractivity contribution < 1.29 is 9.59 Å². The number of benzene rings is 1. The van der Waals surface area contributed by atoms with Gasteiger partial charge in [0.25, 0.3) is 5.91 Å². The van der Waals surface area contributed by atoms with Crippen LogP contribution in [0, 0.1) is 5.41 Å². The molecule has 0 spiro atoms. The standard InChI is InChI=1S/C21H33N3O2.ClH/c1-3-24(4-2)20(26)18-10-8-17(9-11-18)15-23-19(25)14-21(16-22)12-6-5-7-13-21;/h8-11H,3-7,12-16,22H2,1-2H3,(H,23,25);1H. The Hall–Kier alpha value is -1.59. The lowest BCUT2D eigenvalue weighted by atomic mass is 9.71. The van der Waals surface area contributed by atoms with Gasteiger partial charge in [0.2, 0.25) is 5.91 Å². The third-order valence-electron chi connectivity index (χ3n) is 5.62. The second kappa shape index (κ2) is 11.3. The van der Waals surface area contributed by atoms with E-state index in [4.69, 9.17) is 5.73 Å². The van der Waals surface area contributed by atoms with Gasteiger partial charge in [0.15, 0.2) is 0 Å². The van der Waals surface area contributed by atoms with Gasteiger partial charge in [-0.1, -0.05) is 31.4 Å². The van der Waals surface area contributed by atoms with Crippen molar-refractivity contribution in [2.24, 2.45) is 11.1 Å². The number of nitrogens with one attached hydrogen (secondary N) is 1. The zero-order chi connectivity index (χ0) is 19.0. The van der Waals surface area contributed by atoms with E-state index < -0.39 is 0 Å². The smallest absolute Gasteiger partial charge is 0.253 e. The molecule has 1 aromatic carbocycles. The number of carbonyl (C=O) groups excluding carboxylic acids is 2. The Morgan fingerprint density at radius 3 is 2.19 bits per heavy atom. The molecule has 0 heterocycles. The lowest BCUT2D eigenvalue weighted by molar-refractivity contribution is -0.124. The van der Waals surface area contributed by atoms with E-state index in [1.54, 1.807) is 4.90 Å². The average molecular weight is 396 g/mol. The summed E-state index contributed by atoms with van der Waals surface area (Å²) in [6.07, 6.45) is 6.22. The van der Waals surface area contributed by atoms with Crippen molar-refractivity contribution in [2.75, 3.05) is 19.6 Å². The van der Waals surface area contributed by atoms with Crippen LogP contribution in [0.25, 0.3) is 0 Å². The first-order valence-corrected chi connectivity index (χ1v) is 9.88. The van der Waals surface area contributed by atoms with Crippen molar-refractivity contribution in [1.29, 1.82) is 0 Å². The number of hydrogen-bond donors (Lipinski definition) is 2. The van der Waals surface area contributed by atoms with E-state index in [1.165, 1.54) is 19.3 Å². The fourth-order valence-corrected chi connectivity index (χ4v) is 3.82. The van der Waals surface area contributed by atoms with Crippen molar-refractivity contribution in [3.8, 4) is 0 Å². The molecule has 0 saturated heterocycles. The minimum atomic E-state index is -0.0115. The molecule has 0 bridgehead atoms. The van der Waals surface area contributed by atoms with E-state index in [0.29, 0.717) is 38.2 Å². The van der Waals surface area contributed by atoms with Gasteiger partial charge in [-0.05, 0) is 56.3 Å². The summed E-state index contributed by atoms with van der Waals surface area (Å²) in [5, 5.41) is 3.01. The highest BCUT2D eigenvalue weighted by Gasteiger charge is 2.32. The molecule has 5 nitrogen and oxygen atoms in total. The highest BCUT2D eigenvalue weighted by atomic mass is 35.5. The van der Waals surface area contributed by atoms with E-state index in [2.05, 4.69) is 5.32 Å². The molecule has 0 atom stereocenters. The van der Waals surface area contributed by atoms with Crippen molar-refractivity contribution in [3.63, 3.8) is 0 Å². The van der Waals surface area contributed by atoms with Crippen LogP contribution in [0.4, 0.5) is 0 Å². The molecule has 27 heavy (non-hydrogen) atoms. The van der Waals surface area contributed by atoms with E-state index in [0.717, 1.165) is 18.4 Å². The van der Waals surface area contributed by atoms with E-state index in [-0.39, 0.29) is 29.6 Å². The molecule has 152 valence electrons. The SMILES string of the molecule is CCN(CC)C(=O)c1ccc(CNC(=O)CC2(CN)CCCCC2)cc1.Cl. The number of hydrogen-bond acceptors (Lipinski definition) is 3. The first kappa shape index (κ1) is 23.4. The molecular weight excluding hydrogens is 362 g/mol. The highest BCUT2D eigenvalue weighted by Crippen LogP contribution is 2.38. The Balaban J connectivity index is 0.00000364. The molecule has 1 aliphatic carbocycles. The van der Waals surface area contributed by atoms with Gasteiger partial charge in [-0.25, -0.2) is 0 Å². The molecule has 0 unspecified atom stereocenters. The summed E-state index contributed by atoms with van der Waals surface area (Å²) < 4.78 is 0. The summed E-state index contributed by atoms with van der Waals surface area (Å²) >= 11 is 0. The maximum Gasteiger partial charge on any atom is 0.253 e. The van der Waals surface area contributed by atoms with E-state index in [9.17, 15) is 9.59 Å². The third kappa shape index (κ3) is 6.51. The lowest BCUT2D eigenvalue weighted by Crippen LogP contribution is -2.38. The summed E-state index contributed by atoms with van der Waals surface area (Å²) in [5.74, 6) is 0.119. The van der Waals surface area contributed by atoms with Crippen LogP contribution in [0.15, 0.2) is 24.3 Å². The van der Waals surface area contributed by atoms with Gasteiger partial charge in [0.1, 0.15) is 0 Å². The molecule has 2 rings (SSSR count). The van der Waals surface area contributed by atoms with Crippen LogP contribution in [0.2, 0.25) is 0 Å². The summed E-state index contributed by atoms with van der Waals surface area (Å²) in [4.78, 5) is 26.5. The molecule has 1 fully saturated rings. The monoisotopic (exact) mass is 395 g/mol. The van der Waals surface area contributed by atoms with Crippen LogP contribution in [0.5, 0.6) is 0 Å². The molecule has 3 N–H and O–H groups in total. The Labute approximate surface area is 169 Å². The van der Waals surface area contributed by atoms with Gasteiger partial charge in [-0.15, -0.1) is 12.4 Å². The second-order valence-corrected chi connectivity index (χ2v) is 7.39. The lowest BCUT2D eigenvalue weighted by Gasteiger charge is -2.35. The molecule has 0 aromatic heterocycles. The quantitative estimate of drug-likeness (QED) is 0.707. The normalized spacial score (nSPS) is 15.5. The predicted octanol–water partition coefficient (Wildman–Crippen LogP) is 3.51. The molecule has 0 aliphatic heterocycles. The summed E-state index contributed by atoms with van der Waals surface area (Å²) in [6, 6.07) is 7.50. The average Bonchev–Trinajstić information content (AvgIpc) is 2.68. The Morgan fingerprint density at radius 1 is 1.07 bits per heavy atom. The highest BCUT2D eigenvalue weighted by molar-refractivity contribution is 5.94. The van der Waals surface area contributed by atoms with Crippen molar-refractivity contribution in [3.05, 3.63) is 35.4 Å². The van der Waals surface area contributed by atoms with Crippen LogP contribution in [0.3, 0.4) is 0 Å². The minimum absolute atomic E-state index is 0. The predicted molar refractivity (Wildman–Crippen MR) is 112 cm³/mol. The summed E-state index contributed by atoms with van der Waals surface area (Å²) in [7, 11) is 0. The van der Waals surface area contributed by atoms with Crippen LogP contribution in [0.1, 0.15) is 68.3 Å². The number of rotatable bonds is 8. The number of halogens is 1. The van der Waals surface area contributed by atoms with E-state index in [1.807, 2.05) is 38.1 Å². The molecule has 1 saturated carbocycles. The van der Waals surface area contributed by atoms with Gasteiger partial charge in [-0.3, -0.25) is 9.59 Å². The maximum atomic E-state index is 12.4. The maximum absolute atomic E-state index is 12.4. The van der Waals surface area contributed by atoms with Crippen LogP contribution in [-0.2, 0) is 11.3 Å². The van der Waals surface area contributed by atoms with Crippen molar-refractivity contribution >= 4 is 24.2 Å². The minimum Gasteiger partial charge on any atom is -0.352 e. The fourth-order valence-electron chi connectivity index (χ4n) is 3.82. The molecule has 1 aromatic rings. The summed E-state index contributed by atoms with van der Waals surface area (Å²) in [6.45, 7) is 6.44. The topological polar surface area (TPSA) is 75.4 Å². The first-order chi connectivity index (χ1) is 12.5. The fraction of sp³-hybridized carbons (Fsp3) is 0.619. The van der Waals surface area contributed by atoms with Gasteiger partial charge in [0, 0.05) is 31.6 Å². The van der Waals surface area contributed by atoms with Gasteiger partial charge < -0.3 is 16.0 Å². The van der Waals surface area contributed by atoms with E-state index >= 15 is 0 Å². The van der Waals surface area contributed by atoms with Crippen LogP contribution < -0.4 is 11.1 Å². The van der Waals surface area contributed by atoms with Gasteiger partial charge >= 0.3 is 0 Å². The Bertz CT molecular complexity index is 594. The summed E-state index contributed by atoms with van der Waals surface area (Å²) in [5.41, 5.74) is 7.65. The van der Waals surface area contributed by atoms with Crippen molar-refractivity contribution in [2.45, 2.75) is 58.9 Å².